The van der Waals surface area contributed by atoms with Crippen LogP contribution in [0, 0.1) is 0 Å². The molecule has 1 unspecified atom stereocenters. The molecule has 0 saturated heterocycles. The highest BCUT2D eigenvalue weighted by Gasteiger charge is 2.11. The van der Waals surface area contributed by atoms with Crippen molar-refractivity contribution in [2.24, 2.45) is 0 Å². The standard InChI is InChI=1S/C7H8Cl2NOPS/c1-10-12(9,13)11-7-4-2-6(8)3-5-7/h2-5H,1H3,(H,10,13). The van der Waals surface area contributed by atoms with Crippen LogP contribution in [-0.2, 0) is 11.8 Å². The van der Waals surface area contributed by atoms with Crippen LogP contribution in [0.15, 0.2) is 24.3 Å². The fraction of sp³-hybridized carbons (Fsp3) is 0.143. The lowest BCUT2D eigenvalue weighted by molar-refractivity contribution is 0.616. The van der Waals surface area contributed by atoms with Crippen LogP contribution < -0.4 is 9.61 Å². The summed E-state index contributed by atoms with van der Waals surface area (Å²) in [7, 11) is 1.67. The molecule has 0 fully saturated rings. The number of rotatable bonds is 3. The summed E-state index contributed by atoms with van der Waals surface area (Å²) >= 11 is 16.5. The van der Waals surface area contributed by atoms with Gasteiger partial charge < -0.3 is 4.52 Å². The van der Waals surface area contributed by atoms with Crippen molar-refractivity contribution in [2.75, 3.05) is 7.05 Å². The summed E-state index contributed by atoms with van der Waals surface area (Å²) < 4.78 is 5.33. The monoisotopic (exact) mass is 255 g/mol. The van der Waals surface area contributed by atoms with Crippen LogP contribution in [0.4, 0.5) is 0 Å². The van der Waals surface area contributed by atoms with Crippen molar-refractivity contribution < 1.29 is 4.52 Å². The van der Waals surface area contributed by atoms with Crippen LogP contribution in [0.2, 0.25) is 5.02 Å². The van der Waals surface area contributed by atoms with E-state index in [0.717, 1.165) is 0 Å². The molecular formula is C7H8Cl2NOPS. The van der Waals surface area contributed by atoms with Crippen molar-refractivity contribution in [2.45, 2.75) is 0 Å². The largest absolute Gasteiger partial charge is 0.441 e. The van der Waals surface area contributed by atoms with E-state index in [-0.39, 0.29) is 0 Å². The number of hydrogen-bond donors (Lipinski definition) is 1. The average molecular weight is 256 g/mol. The zero-order chi connectivity index (χ0) is 9.90. The highest BCUT2D eigenvalue weighted by molar-refractivity contribution is 8.23. The van der Waals surface area contributed by atoms with E-state index in [0.29, 0.717) is 10.8 Å². The third kappa shape index (κ3) is 3.84. The molecule has 13 heavy (non-hydrogen) atoms. The molecule has 1 aromatic carbocycles. The van der Waals surface area contributed by atoms with E-state index in [9.17, 15) is 0 Å². The number of nitrogens with one attached hydrogen (secondary N) is 1. The Kier molecular flexibility index (Phi) is 4.02. The van der Waals surface area contributed by atoms with E-state index in [1.165, 1.54) is 0 Å². The van der Waals surface area contributed by atoms with Gasteiger partial charge in [0.15, 0.2) is 0 Å². The molecule has 2 nitrogen and oxygen atoms in total. The van der Waals surface area contributed by atoms with Crippen molar-refractivity contribution in [1.29, 1.82) is 0 Å². The second-order valence-corrected chi connectivity index (χ2v) is 7.85. The Labute approximate surface area is 92.1 Å². The lowest BCUT2D eigenvalue weighted by Gasteiger charge is -2.14. The van der Waals surface area contributed by atoms with E-state index in [1.54, 1.807) is 31.3 Å². The molecule has 0 aliphatic carbocycles. The van der Waals surface area contributed by atoms with Gasteiger partial charge in [-0.25, -0.2) is 5.09 Å². The zero-order valence-corrected chi connectivity index (χ0v) is 10.1. The van der Waals surface area contributed by atoms with Gasteiger partial charge >= 0.3 is 0 Å². The minimum absolute atomic E-state index is 0.622. The Morgan fingerprint density at radius 1 is 1.38 bits per heavy atom. The smallest absolute Gasteiger partial charge is 0.268 e. The molecule has 1 N–H and O–H groups in total. The summed E-state index contributed by atoms with van der Waals surface area (Å²) in [4.78, 5) is 0. The molecule has 0 aliphatic heterocycles. The van der Waals surface area contributed by atoms with Crippen LogP contribution in [-0.4, -0.2) is 7.05 Å². The van der Waals surface area contributed by atoms with E-state index >= 15 is 0 Å². The summed E-state index contributed by atoms with van der Waals surface area (Å²) in [5.74, 6) is -1.78. The van der Waals surface area contributed by atoms with Crippen molar-refractivity contribution in [3.8, 4) is 5.75 Å². The molecule has 0 heterocycles. The first-order valence-corrected chi connectivity index (χ1v) is 7.48. The van der Waals surface area contributed by atoms with Crippen molar-refractivity contribution in [3.05, 3.63) is 29.3 Å². The van der Waals surface area contributed by atoms with Gasteiger partial charge in [-0.2, -0.15) is 0 Å². The van der Waals surface area contributed by atoms with Gasteiger partial charge in [-0.05, 0) is 54.4 Å². The zero-order valence-electron chi connectivity index (χ0n) is 6.83. The average Bonchev–Trinajstić information content (AvgIpc) is 2.09. The van der Waals surface area contributed by atoms with E-state index < -0.39 is 5.77 Å². The third-order valence-corrected chi connectivity index (χ3v) is 4.02. The highest BCUT2D eigenvalue weighted by atomic mass is 35.7. The quantitative estimate of drug-likeness (QED) is 0.837. The molecule has 0 amide bonds. The van der Waals surface area contributed by atoms with E-state index in [4.69, 9.17) is 39.2 Å². The molecule has 0 saturated carbocycles. The number of hydrogen-bond acceptors (Lipinski definition) is 2. The minimum atomic E-state index is -2.40. The van der Waals surface area contributed by atoms with Crippen LogP contribution in [0.5, 0.6) is 5.75 Å². The molecule has 0 aromatic heterocycles. The first kappa shape index (κ1) is 11.3. The van der Waals surface area contributed by atoms with Crippen LogP contribution in [0.25, 0.3) is 0 Å². The van der Waals surface area contributed by atoms with E-state index in [2.05, 4.69) is 5.09 Å². The predicted octanol–water partition coefficient (Wildman–Crippen LogP) is 3.40. The summed E-state index contributed by atoms with van der Waals surface area (Å²) in [5.41, 5.74) is 0. The Bertz CT molecular complexity index is 330. The SMILES string of the molecule is CNP(=S)(Cl)Oc1ccc(Cl)cc1. The summed E-state index contributed by atoms with van der Waals surface area (Å²) in [6.07, 6.45) is 0. The van der Waals surface area contributed by atoms with Crippen molar-refractivity contribution >= 4 is 40.4 Å². The van der Waals surface area contributed by atoms with Crippen molar-refractivity contribution in [1.82, 2.24) is 5.09 Å². The molecular weight excluding hydrogens is 248 g/mol. The fourth-order valence-electron chi connectivity index (χ4n) is 0.677. The second-order valence-electron chi connectivity index (χ2n) is 2.25. The third-order valence-electron chi connectivity index (χ3n) is 1.30. The first-order valence-electron chi connectivity index (χ1n) is 3.47. The Morgan fingerprint density at radius 2 is 1.92 bits per heavy atom. The van der Waals surface area contributed by atoms with Gasteiger partial charge in [-0.1, -0.05) is 11.6 Å². The Morgan fingerprint density at radius 3 is 2.38 bits per heavy atom. The second kappa shape index (κ2) is 4.63. The summed E-state index contributed by atoms with van der Waals surface area (Å²) in [6.45, 7) is 0. The Hall–Kier alpha value is 0.210. The molecule has 1 rings (SSSR count). The molecule has 6 heteroatoms. The summed E-state index contributed by atoms with van der Waals surface area (Å²) in [5, 5.41) is 3.39. The first-order chi connectivity index (χ1) is 6.03. The van der Waals surface area contributed by atoms with Crippen LogP contribution >= 0.6 is 28.6 Å². The minimum Gasteiger partial charge on any atom is -0.441 e. The van der Waals surface area contributed by atoms with Gasteiger partial charge in [-0.3, -0.25) is 0 Å². The van der Waals surface area contributed by atoms with Crippen molar-refractivity contribution in [3.63, 3.8) is 0 Å². The van der Waals surface area contributed by atoms with Gasteiger partial charge in [-0.15, -0.1) is 0 Å². The van der Waals surface area contributed by atoms with Gasteiger partial charge in [0, 0.05) is 5.02 Å². The Balaban J connectivity index is 2.75. The van der Waals surface area contributed by atoms with Gasteiger partial charge in [0.05, 0.1) is 0 Å². The fourth-order valence-corrected chi connectivity index (χ4v) is 1.78. The normalized spacial score (nSPS) is 15.0. The van der Waals surface area contributed by atoms with Crippen LogP contribution in [0.1, 0.15) is 0 Å². The molecule has 0 radical (unpaired) electrons. The molecule has 1 aromatic rings. The molecule has 0 aliphatic rings. The van der Waals surface area contributed by atoms with Gasteiger partial charge in [0.2, 0.25) is 0 Å². The maximum absolute atomic E-state index is 5.85. The van der Waals surface area contributed by atoms with Gasteiger partial charge in [0.1, 0.15) is 5.75 Å². The lowest BCUT2D eigenvalue weighted by Crippen LogP contribution is -2.02. The molecule has 0 bridgehead atoms. The number of halogens is 2. The highest BCUT2D eigenvalue weighted by Crippen LogP contribution is 2.47. The molecule has 72 valence electrons. The maximum Gasteiger partial charge on any atom is 0.268 e. The maximum atomic E-state index is 5.85. The van der Waals surface area contributed by atoms with E-state index in [1.807, 2.05) is 0 Å². The number of benzene rings is 1. The molecule has 1 atom stereocenters. The lowest BCUT2D eigenvalue weighted by atomic mass is 10.3. The summed E-state index contributed by atoms with van der Waals surface area (Å²) in [6, 6.07) is 6.89. The van der Waals surface area contributed by atoms with Crippen LogP contribution in [0.3, 0.4) is 0 Å². The predicted molar refractivity (Wildman–Crippen MR) is 61.3 cm³/mol. The van der Waals surface area contributed by atoms with Gasteiger partial charge in [0.25, 0.3) is 5.77 Å². The molecule has 0 spiro atoms. The topological polar surface area (TPSA) is 21.3 Å².